The number of fused-ring (bicyclic) bond motifs is 1. The summed E-state index contributed by atoms with van der Waals surface area (Å²) in [6.45, 7) is 9.55. The minimum atomic E-state index is 0.593. The van der Waals surface area contributed by atoms with Crippen LogP contribution < -0.4 is 5.32 Å². The van der Waals surface area contributed by atoms with Crippen LogP contribution in [0.25, 0.3) is 22.0 Å². The molecule has 0 aliphatic carbocycles. The Bertz CT molecular complexity index is 864. The number of nitrogens with one attached hydrogen (secondary N) is 1. The lowest BCUT2D eigenvalue weighted by molar-refractivity contribution is 0.689. The highest BCUT2D eigenvalue weighted by Gasteiger charge is 2.11. The van der Waals surface area contributed by atoms with Crippen LogP contribution in [0, 0.1) is 19.8 Å². The molecule has 0 fully saturated rings. The summed E-state index contributed by atoms with van der Waals surface area (Å²) >= 11 is 6.61. The fourth-order valence-electron chi connectivity index (χ4n) is 3.00. The van der Waals surface area contributed by atoms with Crippen LogP contribution in [0.5, 0.6) is 0 Å². The Morgan fingerprint density at radius 1 is 1.08 bits per heavy atom. The number of anilines is 1. The van der Waals surface area contributed by atoms with Crippen molar-refractivity contribution in [3.8, 4) is 11.1 Å². The molecule has 0 aliphatic heterocycles. The molecule has 3 rings (SSSR count). The maximum atomic E-state index is 6.61. The van der Waals surface area contributed by atoms with Gasteiger partial charge in [0.25, 0.3) is 0 Å². The molecule has 24 heavy (non-hydrogen) atoms. The van der Waals surface area contributed by atoms with Crippen LogP contribution in [0.1, 0.15) is 25.0 Å². The molecule has 1 N–H and O–H groups in total. The molecule has 2 nitrogen and oxygen atoms in total. The summed E-state index contributed by atoms with van der Waals surface area (Å²) in [6, 6.07) is 12.6. The second-order valence-electron chi connectivity index (χ2n) is 6.79. The van der Waals surface area contributed by atoms with E-state index in [1.807, 2.05) is 12.3 Å². The molecule has 0 amide bonds. The topological polar surface area (TPSA) is 24.9 Å². The van der Waals surface area contributed by atoms with E-state index >= 15 is 0 Å². The first kappa shape index (κ1) is 16.8. The Balaban J connectivity index is 2.06. The van der Waals surface area contributed by atoms with Crippen molar-refractivity contribution in [2.24, 2.45) is 5.92 Å². The predicted molar refractivity (Wildman–Crippen MR) is 105 cm³/mol. The summed E-state index contributed by atoms with van der Waals surface area (Å²) in [6.07, 6.45) is 1.90. The monoisotopic (exact) mass is 338 g/mol. The number of benzene rings is 2. The van der Waals surface area contributed by atoms with Crippen molar-refractivity contribution >= 4 is 28.2 Å². The van der Waals surface area contributed by atoms with Crippen LogP contribution in [0.2, 0.25) is 5.02 Å². The van der Waals surface area contributed by atoms with E-state index in [4.69, 9.17) is 11.6 Å². The van der Waals surface area contributed by atoms with E-state index < -0.39 is 0 Å². The van der Waals surface area contributed by atoms with Gasteiger partial charge in [-0.25, -0.2) is 0 Å². The number of halogens is 1. The first-order chi connectivity index (χ1) is 11.5. The molecule has 0 saturated carbocycles. The van der Waals surface area contributed by atoms with Gasteiger partial charge in [0.1, 0.15) is 0 Å². The van der Waals surface area contributed by atoms with Gasteiger partial charge < -0.3 is 5.32 Å². The lowest BCUT2D eigenvalue weighted by Crippen LogP contribution is -2.07. The maximum absolute atomic E-state index is 6.61. The second-order valence-corrected chi connectivity index (χ2v) is 7.20. The number of pyridine rings is 1. The summed E-state index contributed by atoms with van der Waals surface area (Å²) in [4.78, 5) is 4.62. The number of hydrogen-bond acceptors (Lipinski definition) is 2. The smallest absolute Gasteiger partial charge is 0.0710 e. The zero-order valence-corrected chi connectivity index (χ0v) is 15.4. The number of aryl methyl sites for hydroxylation is 2. The van der Waals surface area contributed by atoms with Gasteiger partial charge in [-0.05, 0) is 54.7 Å². The largest absolute Gasteiger partial charge is 0.384 e. The lowest BCUT2D eigenvalue weighted by atomic mass is 9.95. The number of aromatic nitrogens is 1. The molecule has 0 atom stereocenters. The van der Waals surface area contributed by atoms with Crippen molar-refractivity contribution in [1.29, 1.82) is 0 Å². The standard InChI is InChI=1S/C21H23ClN2/c1-13(2)11-23-17-8-16-9-19(22)18(10-20(16)24-12-17)21-14(3)6-5-7-15(21)4/h5-10,12-13,23H,11H2,1-4H3. The highest BCUT2D eigenvalue weighted by Crippen LogP contribution is 2.35. The van der Waals surface area contributed by atoms with E-state index in [0.717, 1.165) is 33.7 Å². The molecule has 1 heterocycles. The van der Waals surface area contributed by atoms with Gasteiger partial charge >= 0.3 is 0 Å². The summed E-state index contributed by atoms with van der Waals surface area (Å²) < 4.78 is 0. The molecule has 0 aliphatic rings. The third-order valence-electron chi connectivity index (χ3n) is 4.23. The van der Waals surface area contributed by atoms with Gasteiger partial charge in [-0.2, -0.15) is 0 Å². The van der Waals surface area contributed by atoms with Crippen LogP contribution in [-0.4, -0.2) is 11.5 Å². The summed E-state index contributed by atoms with van der Waals surface area (Å²) in [7, 11) is 0. The minimum Gasteiger partial charge on any atom is -0.384 e. The van der Waals surface area contributed by atoms with E-state index in [-0.39, 0.29) is 0 Å². The van der Waals surface area contributed by atoms with E-state index in [2.05, 4.69) is 68.3 Å². The molecule has 0 saturated heterocycles. The first-order valence-electron chi connectivity index (χ1n) is 8.35. The van der Waals surface area contributed by atoms with Gasteiger partial charge in [-0.3, -0.25) is 4.98 Å². The van der Waals surface area contributed by atoms with E-state index in [9.17, 15) is 0 Å². The molecule has 0 radical (unpaired) electrons. The van der Waals surface area contributed by atoms with Crippen molar-refractivity contribution in [2.75, 3.05) is 11.9 Å². The molecule has 0 unspecified atom stereocenters. The molecule has 124 valence electrons. The van der Waals surface area contributed by atoms with E-state index in [1.165, 1.54) is 16.7 Å². The fraction of sp³-hybridized carbons (Fsp3) is 0.286. The molecule has 0 spiro atoms. The number of hydrogen-bond donors (Lipinski definition) is 1. The maximum Gasteiger partial charge on any atom is 0.0710 e. The third kappa shape index (κ3) is 3.39. The van der Waals surface area contributed by atoms with Gasteiger partial charge in [0, 0.05) is 22.5 Å². The minimum absolute atomic E-state index is 0.593. The normalized spacial score (nSPS) is 11.2. The van der Waals surface area contributed by atoms with Crippen molar-refractivity contribution in [1.82, 2.24) is 4.98 Å². The Hall–Kier alpha value is -2.06. The molecule has 3 heteroatoms. The molecular formula is C21H23ClN2. The Kier molecular flexibility index (Phi) is 4.77. The molecule has 0 bridgehead atoms. The second kappa shape index (κ2) is 6.82. The van der Waals surface area contributed by atoms with E-state index in [0.29, 0.717) is 5.92 Å². The van der Waals surface area contributed by atoms with Gasteiger partial charge in [0.15, 0.2) is 0 Å². The van der Waals surface area contributed by atoms with Crippen molar-refractivity contribution < 1.29 is 0 Å². The van der Waals surface area contributed by atoms with Crippen molar-refractivity contribution in [3.63, 3.8) is 0 Å². The quantitative estimate of drug-likeness (QED) is 0.609. The first-order valence-corrected chi connectivity index (χ1v) is 8.73. The van der Waals surface area contributed by atoms with Crippen LogP contribution >= 0.6 is 11.6 Å². The highest BCUT2D eigenvalue weighted by atomic mass is 35.5. The summed E-state index contributed by atoms with van der Waals surface area (Å²) in [5, 5.41) is 5.24. The zero-order valence-electron chi connectivity index (χ0n) is 14.7. The molecular weight excluding hydrogens is 316 g/mol. The van der Waals surface area contributed by atoms with Crippen LogP contribution in [0.3, 0.4) is 0 Å². The highest BCUT2D eigenvalue weighted by molar-refractivity contribution is 6.34. The Labute approximate surface area is 148 Å². The fourth-order valence-corrected chi connectivity index (χ4v) is 3.26. The van der Waals surface area contributed by atoms with Crippen LogP contribution in [-0.2, 0) is 0 Å². The summed E-state index contributed by atoms with van der Waals surface area (Å²) in [5.41, 5.74) is 6.71. The number of nitrogens with zero attached hydrogens (tertiary/aromatic N) is 1. The lowest BCUT2D eigenvalue weighted by Gasteiger charge is -2.14. The number of rotatable bonds is 4. The van der Waals surface area contributed by atoms with Gasteiger partial charge in [0.05, 0.1) is 17.4 Å². The van der Waals surface area contributed by atoms with Crippen molar-refractivity contribution in [2.45, 2.75) is 27.7 Å². The molecule has 2 aromatic carbocycles. The predicted octanol–water partition coefficient (Wildman–Crippen LogP) is 6.24. The zero-order chi connectivity index (χ0) is 17.3. The van der Waals surface area contributed by atoms with Crippen LogP contribution in [0.4, 0.5) is 5.69 Å². The third-order valence-corrected chi connectivity index (χ3v) is 4.55. The average molecular weight is 339 g/mol. The van der Waals surface area contributed by atoms with Gasteiger partial charge in [-0.1, -0.05) is 43.6 Å². The van der Waals surface area contributed by atoms with Crippen LogP contribution in [0.15, 0.2) is 42.6 Å². The van der Waals surface area contributed by atoms with Gasteiger partial charge in [-0.15, -0.1) is 0 Å². The molecule has 1 aromatic heterocycles. The molecule has 3 aromatic rings. The van der Waals surface area contributed by atoms with Crippen molar-refractivity contribution in [3.05, 3.63) is 58.7 Å². The Morgan fingerprint density at radius 3 is 2.46 bits per heavy atom. The Morgan fingerprint density at radius 2 is 1.79 bits per heavy atom. The van der Waals surface area contributed by atoms with Gasteiger partial charge in [0.2, 0.25) is 0 Å². The summed E-state index contributed by atoms with van der Waals surface area (Å²) in [5.74, 6) is 0.593. The van der Waals surface area contributed by atoms with E-state index in [1.54, 1.807) is 0 Å². The average Bonchev–Trinajstić information content (AvgIpc) is 2.53. The SMILES string of the molecule is Cc1cccc(C)c1-c1cc2ncc(NCC(C)C)cc2cc1Cl.